The second-order valence-corrected chi connectivity index (χ2v) is 7.34. The highest BCUT2D eigenvalue weighted by Gasteiger charge is 2.30. The fraction of sp³-hybridized carbons (Fsp3) is 0.333. The zero-order valence-corrected chi connectivity index (χ0v) is 14.0. The van der Waals surface area contributed by atoms with Crippen molar-refractivity contribution in [3.05, 3.63) is 46.9 Å². The van der Waals surface area contributed by atoms with Gasteiger partial charge in [-0.3, -0.25) is 9.89 Å². The van der Waals surface area contributed by atoms with Gasteiger partial charge in [0.25, 0.3) is 5.91 Å². The molecule has 2 aromatic heterocycles. The van der Waals surface area contributed by atoms with Crippen molar-refractivity contribution in [1.29, 1.82) is 0 Å². The highest BCUT2D eigenvalue weighted by Crippen LogP contribution is 2.35. The van der Waals surface area contributed by atoms with Crippen molar-refractivity contribution >= 4 is 22.5 Å². The lowest BCUT2D eigenvalue weighted by molar-refractivity contribution is 0.102. The van der Waals surface area contributed by atoms with Gasteiger partial charge in [-0.15, -0.1) is 0 Å². The summed E-state index contributed by atoms with van der Waals surface area (Å²) >= 11 is 0. The summed E-state index contributed by atoms with van der Waals surface area (Å²) in [6.07, 6.45) is 4.14. The molecule has 7 heteroatoms. The number of aromatic nitrogens is 3. The van der Waals surface area contributed by atoms with Gasteiger partial charge in [0.15, 0.2) is 17.3 Å². The Hall–Kier alpha value is -2.70. The van der Waals surface area contributed by atoms with Crippen molar-refractivity contribution in [2.45, 2.75) is 33.1 Å². The molecule has 0 unspecified atom stereocenters. The molecule has 1 amide bonds. The van der Waals surface area contributed by atoms with E-state index >= 15 is 0 Å². The highest BCUT2D eigenvalue weighted by atomic mass is 19.2. The Labute approximate surface area is 142 Å². The van der Waals surface area contributed by atoms with Gasteiger partial charge in [0.1, 0.15) is 0 Å². The Morgan fingerprint density at radius 2 is 2.04 bits per heavy atom. The molecule has 0 aliphatic heterocycles. The summed E-state index contributed by atoms with van der Waals surface area (Å²) in [6, 6.07) is 2.14. The van der Waals surface area contributed by atoms with Crippen LogP contribution in [0.2, 0.25) is 0 Å². The largest absolute Gasteiger partial charge is 0.359 e. The summed E-state index contributed by atoms with van der Waals surface area (Å²) in [6.45, 7) is 4.38. The van der Waals surface area contributed by atoms with Crippen molar-refractivity contribution in [2.75, 3.05) is 5.32 Å². The molecule has 0 saturated carbocycles. The lowest BCUT2D eigenvalue weighted by Crippen LogP contribution is -2.23. The Morgan fingerprint density at radius 1 is 1.28 bits per heavy atom. The lowest BCUT2D eigenvalue weighted by atomic mass is 9.76. The molecule has 1 aromatic carbocycles. The van der Waals surface area contributed by atoms with Gasteiger partial charge in [-0.2, -0.15) is 5.10 Å². The van der Waals surface area contributed by atoms with Gasteiger partial charge in [0, 0.05) is 28.9 Å². The van der Waals surface area contributed by atoms with Crippen LogP contribution in [0.4, 0.5) is 14.5 Å². The number of benzene rings is 1. The second-order valence-electron chi connectivity index (χ2n) is 7.34. The molecule has 0 saturated heterocycles. The molecule has 1 aliphatic carbocycles. The van der Waals surface area contributed by atoms with E-state index in [0.717, 1.165) is 42.7 Å². The molecule has 0 fully saturated rings. The van der Waals surface area contributed by atoms with E-state index in [1.54, 1.807) is 0 Å². The minimum atomic E-state index is -0.957. The van der Waals surface area contributed by atoms with Crippen LogP contribution in [0.15, 0.2) is 18.3 Å². The van der Waals surface area contributed by atoms with Crippen molar-refractivity contribution in [2.24, 2.45) is 5.41 Å². The van der Waals surface area contributed by atoms with Crippen molar-refractivity contribution in [1.82, 2.24) is 15.2 Å². The number of carbonyl (C=O) groups is 1. The van der Waals surface area contributed by atoms with E-state index in [1.165, 1.54) is 6.20 Å². The molecule has 3 N–H and O–H groups in total. The third kappa shape index (κ3) is 2.69. The number of aromatic amines is 2. The maximum atomic E-state index is 13.5. The van der Waals surface area contributed by atoms with Crippen LogP contribution < -0.4 is 5.32 Å². The highest BCUT2D eigenvalue weighted by molar-refractivity contribution is 6.08. The first-order valence-corrected chi connectivity index (χ1v) is 8.18. The standard InChI is InChI=1S/C18H18F2N4O/c1-18(2)4-3-9-14(7-18)23-24-16(9)17(25)22-15-8-21-13-6-12(20)11(19)5-10(13)15/h5-6,8,21H,3-4,7H2,1-2H3,(H,22,25)(H,23,24). The van der Waals surface area contributed by atoms with Crippen LogP contribution in [0.5, 0.6) is 0 Å². The number of nitrogens with one attached hydrogen (secondary N) is 3. The van der Waals surface area contributed by atoms with Gasteiger partial charge in [-0.1, -0.05) is 13.8 Å². The zero-order valence-electron chi connectivity index (χ0n) is 14.0. The van der Waals surface area contributed by atoms with Gasteiger partial charge in [-0.25, -0.2) is 8.78 Å². The molecule has 0 atom stereocenters. The number of H-pyrrole nitrogens is 2. The van der Waals surface area contributed by atoms with Crippen LogP contribution in [0.3, 0.4) is 0 Å². The number of fused-ring (bicyclic) bond motifs is 2. The third-order valence-electron chi connectivity index (χ3n) is 4.85. The molecule has 130 valence electrons. The number of rotatable bonds is 2. The predicted octanol–water partition coefficient (Wildman–Crippen LogP) is 3.94. The molecular weight excluding hydrogens is 326 g/mol. The molecule has 0 radical (unpaired) electrons. The van der Waals surface area contributed by atoms with Gasteiger partial charge in [-0.05, 0) is 30.7 Å². The van der Waals surface area contributed by atoms with Crippen molar-refractivity contribution in [3.8, 4) is 0 Å². The maximum Gasteiger partial charge on any atom is 0.276 e. The summed E-state index contributed by atoms with van der Waals surface area (Å²) in [5, 5.41) is 10.3. The Morgan fingerprint density at radius 3 is 2.84 bits per heavy atom. The van der Waals surface area contributed by atoms with Crippen LogP contribution in [-0.2, 0) is 12.8 Å². The first-order chi connectivity index (χ1) is 11.8. The van der Waals surface area contributed by atoms with Crippen molar-refractivity contribution in [3.63, 3.8) is 0 Å². The third-order valence-corrected chi connectivity index (χ3v) is 4.85. The number of hydrogen-bond acceptors (Lipinski definition) is 2. The van der Waals surface area contributed by atoms with Gasteiger partial charge >= 0.3 is 0 Å². The van der Waals surface area contributed by atoms with Crippen LogP contribution in [0.25, 0.3) is 10.9 Å². The molecule has 3 aromatic rings. The molecular formula is C18H18F2N4O. The number of carbonyl (C=O) groups excluding carboxylic acids is 1. The lowest BCUT2D eigenvalue weighted by Gasteiger charge is -2.28. The van der Waals surface area contributed by atoms with E-state index in [9.17, 15) is 13.6 Å². The minimum absolute atomic E-state index is 0.186. The fourth-order valence-electron chi connectivity index (χ4n) is 3.44. The molecule has 1 aliphatic rings. The first-order valence-electron chi connectivity index (χ1n) is 8.18. The molecule has 25 heavy (non-hydrogen) atoms. The average molecular weight is 344 g/mol. The number of amides is 1. The monoisotopic (exact) mass is 344 g/mol. The SMILES string of the molecule is CC1(C)CCc2c(C(=O)Nc3c[nH]c4cc(F)c(F)cc34)n[nH]c2C1. The molecule has 2 heterocycles. The Kier molecular flexibility index (Phi) is 3.42. The summed E-state index contributed by atoms with van der Waals surface area (Å²) in [5.74, 6) is -2.25. The molecule has 0 bridgehead atoms. The van der Waals surface area contributed by atoms with Crippen LogP contribution in [0, 0.1) is 17.0 Å². The normalized spacial score (nSPS) is 16.0. The van der Waals surface area contributed by atoms with E-state index < -0.39 is 11.6 Å². The predicted molar refractivity (Wildman–Crippen MR) is 90.6 cm³/mol. The van der Waals surface area contributed by atoms with E-state index in [2.05, 4.69) is 34.3 Å². The number of nitrogens with zero attached hydrogens (tertiary/aromatic N) is 1. The van der Waals surface area contributed by atoms with E-state index in [-0.39, 0.29) is 11.3 Å². The maximum absolute atomic E-state index is 13.5. The van der Waals surface area contributed by atoms with Gasteiger partial charge < -0.3 is 10.3 Å². The fourth-order valence-corrected chi connectivity index (χ4v) is 3.44. The summed E-state index contributed by atoms with van der Waals surface area (Å²) in [7, 11) is 0. The Bertz CT molecular complexity index is 987. The van der Waals surface area contributed by atoms with E-state index in [0.29, 0.717) is 22.3 Å². The second kappa shape index (κ2) is 5.40. The van der Waals surface area contributed by atoms with Gasteiger partial charge in [0.05, 0.1) is 11.2 Å². The molecule has 0 spiro atoms. The van der Waals surface area contributed by atoms with Crippen LogP contribution >= 0.6 is 0 Å². The number of hydrogen-bond donors (Lipinski definition) is 3. The number of anilines is 1. The van der Waals surface area contributed by atoms with Crippen LogP contribution in [-0.4, -0.2) is 21.1 Å². The zero-order chi connectivity index (χ0) is 17.8. The summed E-state index contributed by atoms with van der Waals surface area (Å²) in [4.78, 5) is 15.5. The van der Waals surface area contributed by atoms with Crippen molar-refractivity contribution < 1.29 is 13.6 Å². The van der Waals surface area contributed by atoms with Gasteiger partial charge in [0.2, 0.25) is 0 Å². The number of halogens is 2. The quantitative estimate of drug-likeness (QED) is 0.659. The molecule has 5 nitrogen and oxygen atoms in total. The van der Waals surface area contributed by atoms with E-state index in [1.807, 2.05) is 0 Å². The molecule has 4 rings (SSSR count). The smallest absolute Gasteiger partial charge is 0.276 e. The first kappa shape index (κ1) is 15.8. The Balaban J connectivity index is 1.64. The topological polar surface area (TPSA) is 73.6 Å². The van der Waals surface area contributed by atoms with E-state index in [4.69, 9.17) is 0 Å². The average Bonchev–Trinajstić information content (AvgIpc) is 3.11. The van der Waals surface area contributed by atoms with Crippen LogP contribution in [0.1, 0.15) is 42.0 Å². The minimum Gasteiger partial charge on any atom is -0.359 e. The summed E-state index contributed by atoms with van der Waals surface area (Å²) < 4.78 is 26.8. The summed E-state index contributed by atoms with van der Waals surface area (Å²) in [5.41, 5.74) is 3.29.